The van der Waals surface area contributed by atoms with Gasteiger partial charge >= 0.3 is 0 Å². The molecule has 0 aliphatic heterocycles. The lowest BCUT2D eigenvalue weighted by molar-refractivity contribution is 0.164. The third-order valence-electron chi connectivity index (χ3n) is 3.43. The van der Waals surface area contributed by atoms with Crippen LogP contribution < -0.4 is 0 Å². The molecular formula is C11H22ClNO2S. The van der Waals surface area contributed by atoms with Crippen molar-refractivity contribution >= 4 is 19.7 Å². The molecule has 96 valence electrons. The highest BCUT2D eigenvalue weighted by Crippen LogP contribution is 2.26. The highest BCUT2D eigenvalue weighted by Gasteiger charge is 2.22. The first-order valence-electron chi connectivity index (χ1n) is 6.01. The van der Waals surface area contributed by atoms with Crippen LogP contribution in [0.1, 0.15) is 39.0 Å². The largest absolute Gasteiger partial charge is 0.303 e. The van der Waals surface area contributed by atoms with Crippen LogP contribution in [0.5, 0.6) is 0 Å². The van der Waals surface area contributed by atoms with E-state index in [9.17, 15) is 8.42 Å². The molecule has 1 aliphatic carbocycles. The van der Waals surface area contributed by atoms with Crippen molar-refractivity contribution in [2.24, 2.45) is 5.92 Å². The Morgan fingerprint density at radius 3 is 2.62 bits per heavy atom. The van der Waals surface area contributed by atoms with Crippen LogP contribution in [0.25, 0.3) is 0 Å². The van der Waals surface area contributed by atoms with Crippen LogP contribution in [-0.4, -0.2) is 38.7 Å². The lowest BCUT2D eigenvalue weighted by atomic mass is 9.86. The fourth-order valence-corrected chi connectivity index (χ4v) is 3.27. The molecule has 3 nitrogen and oxygen atoms in total. The van der Waals surface area contributed by atoms with Gasteiger partial charge in [-0.25, -0.2) is 8.42 Å². The van der Waals surface area contributed by atoms with E-state index in [4.69, 9.17) is 10.7 Å². The molecule has 0 spiro atoms. The minimum Gasteiger partial charge on any atom is -0.303 e. The van der Waals surface area contributed by atoms with Gasteiger partial charge < -0.3 is 4.90 Å². The number of halogens is 1. The Bertz CT molecular complexity index is 305. The Balaban J connectivity index is 2.26. The summed E-state index contributed by atoms with van der Waals surface area (Å²) in [6.07, 6.45) is 5.75. The van der Waals surface area contributed by atoms with Crippen molar-refractivity contribution < 1.29 is 8.42 Å². The van der Waals surface area contributed by atoms with E-state index >= 15 is 0 Å². The van der Waals surface area contributed by atoms with Crippen LogP contribution >= 0.6 is 10.7 Å². The summed E-state index contributed by atoms with van der Waals surface area (Å²) in [5.41, 5.74) is 0. The zero-order valence-electron chi connectivity index (χ0n) is 10.2. The molecule has 0 radical (unpaired) electrons. The molecule has 0 saturated heterocycles. The predicted octanol–water partition coefficient (Wildman–Crippen LogP) is 2.46. The van der Waals surface area contributed by atoms with Crippen LogP contribution in [0.2, 0.25) is 0 Å². The van der Waals surface area contributed by atoms with Crippen molar-refractivity contribution in [2.75, 3.05) is 19.3 Å². The maximum atomic E-state index is 10.8. The van der Waals surface area contributed by atoms with Gasteiger partial charge in [-0.3, -0.25) is 0 Å². The van der Waals surface area contributed by atoms with Crippen LogP contribution in [0, 0.1) is 5.92 Å². The summed E-state index contributed by atoms with van der Waals surface area (Å²) in [4.78, 5) is 2.29. The fourth-order valence-electron chi connectivity index (χ4n) is 2.47. The zero-order chi connectivity index (χ0) is 12.2. The van der Waals surface area contributed by atoms with E-state index in [1.54, 1.807) is 0 Å². The average molecular weight is 268 g/mol. The molecular weight excluding hydrogens is 246 g/mol. The quantitative estimate of drug-likeness (QED) is 0.718. The first-order valence-corrected chi connectivity index (χ1v) is 8.49. The molecule has 0 heterocycles. The maximum absolute atomic E-state index is 10.8. The van der Waals surface area contributed by atoms with Gasteiger partial charge in [0.05, 0.1) is 5.75 Å². The van der Waals surface area contributed by atoms with Gasteiger partial charge in [-0.15, -0.1) is 0 Å². The molecule has 5 heteroatoms. The molecule has 2 unspecified atom stereocenters. The Morgan fingerprint density at radius 2 is 2.06 bits per heavy atom. The van der Waals surface area contributed by atoms with Gasteiger partial charge in [0.1, 0.15) is 0 Å². The van der Waals surface area contributed by atoms with Gasteiger partial charge in [-0.2, -0.15) is 0 Å². The maximum Gasteiger partial charge on any atom is 0.232 e. The minimum atomic E-state index is -3.32. The molecule has 0 bridgehead atoms. The number of rotatable bonds is 5. The van der Waals surface area contributed by atoms with E-state index in [1.807, 2.05) is 0 Å². The number of hydrogen-bond acceptors (Lipinski definition) is 3. The molecule has 1 rings (SSSR count). The Labute approximate surface area is 104 Å². The first kappa shape index (κ1) is 14.3. The van der Waals surface area contributed by atoms with Crippen molar-refractivity contribution in [3.05, 3.63) is 0 Å². The van der Waals surface area contributed by atoms with E-state index in [0.29, 0.717) is 12.5 Å². The molecule has 1 saturated carbocycles. The second-order valence-electron chi connectivity index (χ2n) is 5.00. The van der Waals surface area contributed by atoms with Gasteiger partial charge in [0, 0.05) is 16.7 Å². The summed E-state index contributed by atoms with van der Waals surface area (Å²) in [5.74, 6) is 0.888. The molecule has 0 aromatic carbocycles. The lowest BCUT2D eigenvalue weighted by Gasteiger charge is -2.34. The monoisotopic (exact) mass is 267 g/mol. The normalized spacial score (nSPS) is 27.2. The molecule has 0 amide bonds. The third kappa shape index (κ3) is 5.51. The molecule has 0 aromatic heterocycles. The minimum absolute atomic E-state index is 0.0845. The molecule has 0 N–H and O–H groups in total. The highest BCUT2D eigenvalue weighted by atomic mass is 35.7. The SMILES string of the molecule is CC1CCCC(N(C)CCCS(=O)(=O)Cl)C1. The smallest absolute Gasteiger partial charge is 0.232 e. The van der Waals surface area contributed by atoms with Crippen LogP contribution in [0.15, 0.2) is 0 Å². The van der Waals surface area contributed by atoms with Crippen molar-refractivity contribution in [3.8, 4) is 0 Å². The highest BCUT2D eigenvalue weighted by molar-refractivity contribution is 8.13. The first-order chi connectivity index (χ1) is 7.38. The fraction of sp³-hybridized carbons (Fsp3) is 1.00. The van der Waals surface area contributed by atoms with Gasteiger partial charge in [0.2, 0.25) is 9.05 Å². The van der Waals surface area contributed by atoms with Crippen molar-refractivity contribution in [3.63, 3.8) is 0 Å². The molecule has 16 heavy (non-hydrogen) atoms. The van der Waals surface area contributed by atoms with Crippen molar-refractivity contribution in [2.45, 2.75) is 45.1 Å². The summed E-state index contributed by atoms with van der Waals surface area (Å²) in [7, 11) is 3.95. The summed E-state index contributed by atoms with van der Waals surface area (Å²) in [5, 5.41) is 0. The standard InChI is InChI=1S/C11H22ClNO2S/c1-10-5-3-6-11(9-10)13(2)7-4-8-16(12,14)15/h10-11H,3-9H2,1-2H3. The molecule has 1 fully saturated rings. The summed E-state index contributed by atoms with van der Waals surface area (Å²) < 4.78 is 21.6. The molecule has 1 aliphatic rings. The zero-order valence-corrected chi connectivity index (χ0v) is 11.7. The lowest BCUT2D eigenvalue weighted by Crippen LogP contribution is -2.36. The Hall–Kier alpha value is 0.200. The predicted molar refractivity (Wildman–Crippen MR) is 68.3 cm³/mol. The Morgan fingerprint density at radius 1 is 1.38 bits per heavy atom. The van der Waals surface area contributed by atoms with E-state index in [0.717, 1.165) is 12.5 Å². The van der Waals surface area contributed by atoms with Crippen molar-refractivity contribution in [1.29, 1.82) is 0 Å². The van der Waals surface area contributed by atoms with E-state index in [2.05, 4.69) is 18.9 Å². The summed E-state index contributed by atoms with van der Waals surface area (Å²) in [6, 6.07) is 0.627. The van der Waals surface area contributed by atoms with E-state index < -0.39 is 9.05 Å². The topological polar surface area (TPSA) is 37.4 Å². The van der Waals surface area contributed by atoms with Gasteiger partial charge in [-0.1, -0.05) is 19.8 Å². The summed E-state index contributed by atoms with van der Waals surface area (Å²) in [6.45, 7) is 3.12. The van der Waals surface area contributed by atoms with Gasteiger partial charge in [-0.05, 0) is 38.8 Å². The van der Waals surface area contributed by atoms with Crippen LogP contribution in [0.4, 0.5) is 0 Å². The average Bonchev–Trinajstić information content (AvgIpc) is 2.15. The summed E-state index contributed by atoms with van der Waals surface area (Å²) >= 11 is 0. The number of nitrogens with zero attached hydrogens (tertiary/aromatic N) is 1. The Kier molecular flexibility index (Phi) is 5.54. The van der Waals surface area contributed by atoms with Crippen molar-refractivity contribution in [1.82, 2.24) is 4.90 Å². The molecule has 2 atom stereocenters. The van der Waals surface area contributed by atoms with Crippen LogP contribution in [0.3, 0.4) is 0 Å². The van der Waals surface area contributed by atoms with Gasteiger partial charge in [0.25, 0.3) is 0 Å². The number of hydrogen-bond donors (Lipinski definition) is 0. The second kappa shape index (κ2) is 6.22. The van der Waals surface area contributed by atoms with E-state index in [-0.39, 0.29) is 5.75 Å². The van der Waals surface area contributed by atoms with Crippen LogP contribution in [-0.2, 0) is 9.05 Å². The second-order valence-corrected chi connectivity index (χ2v) is 7.90. The molecule has 0 aromatic rings. The van der Waals surface area contributed by atoms with E-state index in [1.165, 1.54) is 25.7 Å². The van der Waals surface area contributed by atoms with Gasteiger partial charge in [0.15, 0.2) is 0 Å². The third-order valence-corrected chi connectivity index (χ3v) is 4.67.